The predicted octanol–water partition coefficient (Wildman–Crippen LogP) is 5.99. The molecule has 0 bridgehead atoms. The first kappa shape index (κ1) is 26.6. The van der Waals surface area contributed by atoms with E-state index in [9.17, 15) is 9.59 Å². The third-order valence-electron chi connectivity index (χ3n) is 6.49. The molecule has 0 aliphatic carbocycles. The first-order valence-corrected chi connectivity index (χ1v) is 12.8. The normalized spacial score (nSPS) is 14.4. The number of furan rings is 1. The molecule has 1 aliphatic heterocycles. The van der Waals surface area contributed by atoms with E-state index in [0.717, 1.165) is 5.69 Å². The van der Waals surface area contributed by atoms with Crippen molar-refractivity contribution in [3.8, 4) is 5.75 Å². The molecule has 2 aromatic carbocycles. The van der Waals surface area contributed by atoms with Gasteiger partial charge < -0.3 is 24.3 Å². The van der Waals surface area contributed by atoms with Crippen LogP contribution < -0.4 is 15.0 Å². The number of carbonyl (C=O) groups is 2. The zero-order chi connectivity index (χ0) is 26.8. The minimum atomic E-state index is -1.09. The van der Waals surface area contributed by atoms with Crippen molar-refractivity contribution in [2.75, 3.05) is 36.4 Å². The van der Waals surface area contributed by atoms with E-state index in [4.69, 9.17) is 20.8 Å². The second kappa shape index (κ2) is 10.5. The van der Waals surface area contributed by atoms with Crippen molar-refractivity contribution in [3.05, 3.63) is 77.2 Å². The Morgan fingerprint density at radius 1 is 0.946 bits per heavy atom. The molecule has 1 saturated heterocycles. The van der Waals surface area contributed by atoms with Crippen LogP contribution >= 0.6 is 11.6 Å². The Balaban J connectivity index is 1.35. The number of nitrogens with one attached hydrogen (secondary N) is 1. The summed E-state index contributed by atoms with van der Waals surface area (Å²) in [7, 11) is 0. The van der Waals surface area contributed by atoms with E-state index in [-0.39, 0.29) is 17.2 Å². The quantitative estimate of drug-likeness (QED) is 0.429. The van der Waals surface area contributed by atoms with Gasteiger partial charge in [-0.1, -0.05) is 44.5 Å². The minimum Gasteiger partial charge on any atom is -0.478 e. The van der Waals surface area contributed by atoms with Crippen LogP contribution in [0.1, 0.15) is 50.7 Å². The standard InChI is InChI=1S/C29H34ClN3O4/c1-28(2,3)20-8-11-22(12-9-20)37-29(4,5)27(35)31-21-10-13-24(23(30)19-21)32-14-16-33(17-15-32)26(34)25-7-6-18-36-25/h6-13,18-19H,14-17H2,1-5H3,(H,31,35). The third-order valence-corrected chi connectivity index (χ3v) is 6.79. The highest BCUT2D eigenvalue weighted by molar-refractivity contribution is 6.33. The van der Waals surface area contributed by atoms with Crippen LogP contribution in [-0.2, 0) is 10.2 Å². The molecule has 7 nitrogen and oxygen atoms in total. The molecule has 0 unspecified atom stereocenters. The molecule has 1 aromatic heterocycles. The fourth-order valence-corrected chi connectivity index (χ4v) is 4.49. The van der Waals surface area contributed by atoms with Gasteiger partial charge in [-0.05, 0) is 67.3 Å². The lowest BCUT2D eigenvalue weighted by Gasteiger charge is -2.36. The molecular formula is C29H34ClN3O4. The number of halogens is 1. The molecule has 196 valence electrons. The van der Waals surface area contributed by atoms with E-state index in [1.54, 1.807) is 36.9 Å². The molecule has 0 radical (unpaired) electrons. The van der Waals surface area contributed by atoms with Crippen molar-refractivity contribution in [2.45, 2.75) is 45.6 Å². The molecule has 4 rings (SSSR count). The molecule has 1 fully saturated rings. The highest BCUT2D eigenvalue weighted by Crippen LogP contribution is 2.31. The second-order valence-corrected chi connectivity index (χ2v) is 11.2. The van der Waals surface area contributed by atoms with Crippen LogP contribution in [0, 0.1) is 0 Å². The highest BCUT2D eigenvalue weighted by atomic mass is 35.5. The van der Waals surface area contributed by atoms with Crippen molar-refractivity contribution >= 4 is 34.8 Å². The van der Waals surface area contributed by atoms with Gasteiger partial charge in [-0.15, -0.1) is 0 Å². The number of hydrogen-bond acceptors (Lipinski definition) is 5. The number of piperazine rings is 1. The average Bonchev–Trinajstić information content (AvgIpc) is 3.38. The van der Waals surface area contributed by atoms with Gasteiger partial charge in [-0.25, -0.2) is 0 Å². The monoisotopic (exact) mass is 523 g/mol. The van der Waals surface area contributed by atoms with Gasteiger partial charge >= 0.3 is 0 Å². The van der Waals surface area contributed by atoms with Gasteiger partial charge in [0.15, 0.2) is 11.4 Å². The molecule has 0 atom stereocenters. The number of rotatable bonds is 6. The summed E-state index contributed by atoms with van der Waals surface area (Å²) in [6, 6.07) is 16.7. The summed E-state index contributed by atoms with van der Waals surface area (Å²) in [6.07, 6.45) is 1.50. The van der Waals surface area contributed by atoms with E-state index in [1.807, 2.05) is 36.4 Å². The van der Waals surface area contributed by atoms with Crippen molar-refractivity contribution in [3.63, 3.8) is 0 Å². The van der Waals surface area contributed by atoms with Crippen molar-refractivity contribution in [2.24, 2.45) is 0 Å². The van der Waals surface area contributed by atoms with Gasteiger partial charge in [0.25, 0.3) is 11.8 Å². The Hall–Kier alpha value is -3.45. The molecule has 2 amide bonds. The smallest absolute Gasteiger partial charge is 0.289 e. The van der Waals surface area contributed by atoms with Gasteiger partial charge in [-0.2, -0.15) is 0 Å². The van der Waals surface area contributed by atoms with Crippen LogP contribution in [0.3, 0.4) is 0 Å². The Bertz CT molecular complexity index is 1240. The number of ether oxygens (including phenoxy) is 1. The van der Waals surface area contributed by atoms with Crippen LogP contribution in [0.4, 0.5) is 11.4 Å². The zero-order valence-electron chi connectivity index (χ0n) is 22.0. The van der Waals surface area contributed by atoms with Crippen LogP contribution in [0.2, 0.25) is 5.02 Å². The Morgan fingerprint density at radius 3 is 2.19 bits per heavy atom. The van der Waals surface area contributed by atoms with Crippen molar-refractivity contribution in [1.82, 2.24) is 4.90 Å². The number of nitrogens with zero attached hydrogens (tertiary/aromatic N) is 2. The molecule has 37 heavy (non-hydrogen) atoms. The highest BCUT2D eigenvalue weighted by Gasteiger charge is 2.31. The van der Waals surface area contributed by atoms with E-state index >= 15 is 0 Å². The second-order valence-electron chi connectivity index (χ2n) is 10.8. The van der Waals surface area contributed by atoms with Crippen LogP contribution in [-0.4, -0.2) is 48.5 Å². The van der Waals surface area contributed by atoms with Crippen molar-refractivity contribution in [1.29, 1.82) is 0 Å². The Morgan fingerprint density at radius 2 is 1.62 bits per heavy atom. The Labute approximate surface area is 223 Å². The molecule has 1 N–H and O–H groups in total. The van der Waals surface area contributed by atoms with E-state index in [1.165, 1.54) is 11.8 Å². The minimum absolute atomic E-state index is 0.0435. The number of anilines is 2. The number of amides is 2. The summed E-state index contributed by atoms with van der Waals surface area (Å²) < 4.78 is 11.2. The summed E-state index contributed by atoms with van der Waals surface area (Å²) >= 11 is 6.60. The zero-order valence-corrected chi connectivity index (χ0v) is 22.8. The maximum atomic E-state index is 13.0. The third kappa shape index (κ3) is 6.28. The summed E-state index contributed by atoms with van der Waals surface area (Å²) in [5.74, 6) is 0.594. The molecule has 2 heterocycles. The van der Waals surface area contributed by atoms with Crippen molar-refractivity contribution < 1.29 is 18.7 Å². The summed E-state index contributed by atoms with van der Waals surface area (Å²) in [4.78, 5) is 29.4. The van der Waals surface area contributed by atoms with E-state index in [2.05, 4.69) is 31.0 Å². The van der Waals surface area contributed by atoms with E-state index in [0.29, 0.717) is 48.4 Å². The largest absolute Gasteiger partial charge is 0.478 e. The maximum Gasteiger partial charge on any atom is 0.289 e. The SMILES string of the molecule is CC(C)(Oc1ccc(C(C)(C)C)cc1)C(=O)Nc1ccc(N2CCN(C(=O)c3ccco3)CC2)c(Cl)c1. The average molecular weight is 524 g/mol. The van der Waals surface area contributed by atoms with Gasteiger partial charge in [0.2, 0.25) is 0 Å². The van der Waals surface area contributed by atoms with Gasteiger partial charge in [-0.3, -0.25) is 9.59 Å². The van der Waals surface area contributed by atoms with Gasteiger partial charge in [0, 0.05) is 31.9 Å². The molecule has 1 aliphatic rings. The molecule has 0 saturated carbocycles. The van der Waals surface area contributed by atoms with Crippen LogP contribution in [0.25, 0.3) is 0 Å². The van der Waals surface area contributed by atoms with Gasteiger partial charge in [0.05, 0.1) is 17.0 Å². The van der Waals surface area contributed by atoms with Crippen LogP contribution in [0.5, 0.6) is 5.75 Å². The van der Waals surface area contributed by atoms with Crippen LogP contribution in [0.15, 0.2) is 65.3 Å². The lowest BCUT2D eigenvalue weighted by molar-refractivity contribution is -0.128. The molecular weight excluding hydrogens is 490 g/mol. The number of carbonyl (C=O) groups excluding carboxylic acids is 2. The Kier molecular flexibility index (Phi) is 7.55. The maximum absolute atomic E-state index is 13.0. The lowest BCUT2D eigenvalue weighted by atomic mass is 9.87. The summed E-state index contributed by atoms with van der Waals surface area (Å²) in [6.45, 7) is 12.4. The first-order chi connectivity index (χ1) is 17.4. The van der Waals surface area contributed by atoms with E-state index < -0.39 is 5.60 Å². The first-order valence-electron chi connectivity index (χ1n) is 12.4. The summed E-state index contributed by atoms with van der Waals surface area (Å²) in [5.41, 5.74) is 1.60. The molecule has 3 aromatic rings. The topological polar surface area (TPSA) is 75.0 Å². The lowest BCUT2D eigenvalue weighted by Crippen LogP contribution is -2.48. The predicted molar refractivity (Wildman–Crippen MR) is 147 cm³/mol. The number of benzene rings is 2. The fraction of sp³-hybridized carbons (Fsp3) is 0.379. The number of hydrogen-bond donors (Lipinski definition) is 1. The fourth-order valence-electron chi connectivity index (χ4n) is 4.19. The molecule has 0 spiro atoms. The molecule has 8 heteroatoms. The summed E-state index contributed by atoms with van der Waals surface area (Å²) in [5, 5.41) is 3.44. The van der Waals surface area contributed by atoms with Gasteiger partial charge in [0.1, 0.15) is 5.75 Å².